The molecule has 0 aromatic rings. The van der Waals surface area contributed by atoms with Crippen molar-refractivity contribution in [1.82, 2.24) is 0 Å². The van der Waals surface area contributed by atoms with E-state index in [0.717, 1.165) is 38.5 Å². The van der Waals surface area contributed by atoms with E-state index in [0.29, 0.717) is 30.6 Å². The van der Waals surface area contributed by atoms with Gasteiger partial charge < -0.3 is 15.3 Å². The summed E-state index contributed by atoms with van der Waals surface area (Å²) in [6.45, 7) is 10.6. The van der Waals surface area contributed by atoms with Crippen molar-refractivity contribution >= 4 is 5.78 Å². The lowest BCUT2D eigenvalue weighted by molar-refractivity contribution is -0.131. The van der Waals surface area contributed by atoms with E-state index in [1.807, 2.05) is 6.92 Å². The summed E-state index contributed by atoms with van der Waals surface area (Å²) in [4.78, 5) is 12.6. The smallest absolute Gasteiger partial charge is 0.136 e. The van der Waals surface area contributed by atoms with Crippen LogP contribution in [-0.2, 0) is 4.79 Å². The highest BCUT2D eigenvalue weighted by Gasteiger charge is 2.61. The summed E-state index contributed by atoms with van der Waals surface area (Å²) in [7, 11) is 0. The molecule has 3 fully saturated rings. The molecule has 0 saturated heterocycles. The van der Waals surface area contributed by atoms with Gasteiger partial charge in [0.1, 0.15) is 5.78 Å². The maximum absolute atomic E-state index is 12.6. The van der Waals surface area contributed by atoms with Crippen molar-refractivity contribution in [2.75, 3.05) is 0 Å². The van der Waals surface area contributed by atoms with Gasteiger partial charge in [0.25, 0.3) is 0 Å². The molecule has 4 aliphatic carbocycles. The number of aliphatic hydroxyl groups is 3. The Bertz CT molecular complexity index is 740. The number of carbonyl (C=O) groups is 1. The summed E-state index contributed by atoms with van der Waals surface area (Å²) in [6.07, 6.45) is 8.81. The Labute approximate surface area is 188 Å². The van der Waals surface area contributed by atoms with Gasteiger partial charge >= 0.3 is 0 Å². The molecule has 3 N–H and O–H groups in total. The largest absolute Gasteiger partial charge is 0.393 e. The lowest BCUT2D eigenvalue weighted by Crippen LogP contribution is -2.54. The first-order chi connectivity index (χ1) is 14.4. The van der Waals surface area contributed by atoms with Crippen LogP contribution in [0.2, 0.25) is 0 Å². The van der Waals surface area contributed by atoms with E-state index in [1.165, 1.54) is 5.57 Å². The van der Waals surface area contributed by atoms with Gasteiger partial charge in [-0.25, -0.2) is 0 Å². The standard InChI is InChI=1S/C27H44O4/c1-16(2)12-18(29)15-27(5,31)24-7-6-20-19-14-23(30)22-13-17(28)8-10-25(22,3)21(19)9-11-26(20,24)4/h9,16-17,19-20,22-24,28,30-31H,6-8,10-15H2,1-5H3/t17-,19-,20-,22+,23-,24-,25+,26-,27-/m0/s1. The van der Waals surface area contributed by atoms with Crippen molar-refractivity contribution in [2.45, 2.75) is 110 Å². The van der Waals surface area contributed by atoms with E-state index >= 15 is 0 Å². The number of fused-ring (bicyclic) bond motifs is 5. The van der Waals surface area contributed by atoms with Crippen molar-refractivity contribution in [3.8, 4) is 0 Å². The molecule has 0 bridgehead atoms. The number of hydrogen-bond donors (Lipinski definition) is 3. The number of carbonyl (C=O) groups excluding carboxylic acids is 1. The molecule has 9 atom stereocenters. The molecule has 0 heterocycles. The van der Waals surface area contributed by atoms with Gasteiger partial charge in [-0.3, -0.25) is 4.79 Å². The van der Waals surface area contributed by atoms with Crippen LogP contribution in [0.4, 0.5) is 0 Å². The minimum absolute atomic E-state index is 0.0171. The molecule has 0 unspecified atom stereocenters. The zero-order chi connectivity index (χ0) is 22.8. The van der Waals surface area contributed by atoms with Gasteiger partial charge in [0.05, 0.1) is 17.8 Å². The van der Waals surface area contributed by atoms with Gasteiger partial charge in [-0.2, -0.15) is 0 Å². The number of aliphatic hydroxyl groups excluding tert-OH is 2. The number of allylic oxidation sites excluding steroid dienone is 2. The number of hydrogen-bond acceptors (Lipinski definition) is 4. The molecule has 0 aromatic carbocycles. The SMILES string of the molecule is CC(C)CC(=O)C[C@](C)(O)[C@H]1CC[C@H]2[C@@H]3C[C@H](O)[C@H]4C[C@@H](O)CC[C@]4(C)C3=CC[C@@]21C. The predicted molar refractivity (Wildman–Crippen MR) is 122 cm³/mol. The summed E-state index contributed by atoms with van der Waals surface area (Å²) in [5, 5.41) is 32.9. The highest BCUT2D eigenvalue weighted by atomic mass is 16.3. The Balaban J connectivity index is 1.60. The van der Waals surface area contributed by atoms with Crippen LogP contribution in [0.15, 0.2) is 11.6 Å². The summed E-state index contributed by atoms with van der Waals surface area (Å²) < 4.78 is 0. The molecular weight excluding hydrogens is 388 g/mol. The maximum atomic E-state index is 12.6. The summed E-state index contributed by atoms with van der Waals surface area (Å²) >= 11 is 0. The molecule has 0 aliphatic heterocycles. The van der Waals surface area contributed by atoms with E-state index < -0.39 is 5.60 Å². The highest BCUT2D eigenvalue weighted by Crippen LogP contribution is 2.66. The fourth-order valence-electron chi connectivity index (χ4n) is 8.62. The van der Waals surface area contributed by atoms with Crippen molar-refractivity contribution in [1.29, 1.82) is 0 Å². The van der Waals surface area contributed by atoms with E-state index in [1.54, 1.807) is 0 Å². The van der Waals surface area contributed by atoms with Crippen LogP contribution in [-0.4, -0.2) is 38.9 Å². The Morgan fingerprint density at radius 2 is 1.87 bits per heavy atom. The number of rotatable bonds is 5. The molecule has 4 rings (SSSR count). The third kappa shape index (κ3) is 3.85. The number of Topliss-reactive ketones (excluding diaryl/α,β-unsaturated/α-hetero) is 1. The first-order valence-corrected chi connectivity index (χ1v) is 12.7. The summed E-state index contributed by atoms with van der Waals surface area (Å²) in [5.74, 6) is 1.55. The Kier molecular flexibility index (Phi) is 6.02. The first-order valence-electron chi connectivity index (χ1n) is 12.7. The summed E-state index contributed by atoms with van der Waals surface area (Å²) in [6, 6.07) is 0. The molecule has 176 valence electrons. The van der Waals surface area contributed by atoms with Crippen molar-refractivity contribution in [3.63, 3.8) is 0 Å². The molecule has 0 spiro atoms. The van der Waals surface area contributed by atoms with Gasteiger partial charge in [0, 0.05) is 12.8 Å². The van der Waals surface area contributed by atoms with Gasteiger partial charge in [-0.05, 0) is 92.3 Å². The van der Waals surface area contributed by atoms with Crippen LogP contribution >= 0.6 is 0 Å². The van der Waals surface area contributed by atoms with Gasteiger partial charge in [-0.15, -0.1) is 0 Å². The van der Waals surface area contributed by atoms with E-state index in [-0.39, 0.29) is 47.1 Å². The molecule has 4 aliphatic rings. The molecule has 4 heteroatoms. The second-order valence-electron chi connectivity index (χ2n) is 12.6. The molecule has 4 nitrogen and oxygen atoms in total. The van der Waals surface area contributed by atoms with Crippen LogP contribution in [0.1, 0.15) is 92.4 Å². The highest BCUT2D eigenvalue weighted by molar-refractivity contribution is 5.79. The zero-order valence-corrected chi connectivity index (χ0v) is 20.2. The second kappa shape index (κ2) is 7.95. The average Bonchev–Trinajstić information content (AvgIpc) is 3.00. The lowest BCUT2D eigenvalue weighted by Gasteiger charge is -2.58. The Morgan fingerprint density at radius 1 is 1.16 bits per heavy atom. The van der Waals surface area contributed by atoms with Crippen LogP contribution in [0.5, 0.6) is 0 Å². The minimum Gasteiger partial charge on any atom is -0.393 e. The van der Waals surface area contributed by atoms with Crippen LogP contribution in [0.25, 0.3) is 0 Å². The fraction of sp³-hybridized carbons (Fsp3) is 0.889. The third-order valence-electron chi connectivity index (χ3n) is 9.96. The van der Waals surface area contributed by atoms with Gasteiger partial charge in [-0.1, -0.05) is 39.3 Å². The van der Waals surface area contributed by atoms with E-state index in [4.69, 9.17) is 0 Å². The van der Waals surface area contributed by atoms with Crippen molar-refractivity contribution in [2.24, 2.45) is 40.4 Å². The maximum Gasteiger partial charge on any atom is 0.136 e. The second-order valence-corrected chi connectivity index (χ2v) is 12.6. The summed E-state index contributed by atoms with van der Waals surface area (Å²) in [5.41, 5.74) is 0.493. The van der Waals surface area contributed by atoms with Gasteiger partial charge in [0.15, 0.2) is 0 Å². The Morgan fingerprint density at radius 3 is 2.55 bits per heavy atom. The first kappa shape index (κ1) is 23.4. The predicted octanol–water partition coefficient (Wildman–Crippen LogP) is 4.65. The van der Waals surface area contributed by atoms with Crippen LogP contribution < -0.4 is 0 Å². The Hall–Kier alpha value is -0.710. The topological polar surface area (TPSA) is 77.8 Å². The molecule has 31 heavy (non-hydrogen) atoms. The quantitative estimate of drug-likeness (QED) is 0.553. The molecule has 0 aromatic heterocycles. The van der Waals surface area contributed by atoms with Crippen molar-refractivity contribution in [3.05, 3.63) is 11.6 Å². The average molecular weight is 433 g/mol. The minimum atomic E-state index is -0.977. The van der Waals surface area contributed by atoms with Gasteiger partial charge in [0.2, 0.25) is 0 Å². The molecule has 0 amide bonds. The molecule has 0 radical (unpaired) electrons. The van der Waals surface area contributed by atoms with Crippen LogP contribution in [0.3, 0.4) is 0 Å². The fourth-order valence-corrected chi connectivity index (χ4v) is 8.62. The normalized spacial score (nSPS) is 46.5. The van der Waals surface area contributed by atoms with Crippen molar-refractivity contribution < 1.29 is 20.1 Å². The molecular formula is C27H44O4. The van der Waals surface area contributed by atoms with Crippen LogP contribution in [0, 0.1) is 40.4 Å². The van der Waals surface area contributed by atoms with E-state index in [2.05, 4.69) is 33.8 Å². The van der Waals surface area contributed by atoms with E-state index in [9.17, 15) is 20.1 Å². The molecule has 3 saturated carbocycles. The monoisotopic (exact) mass is 432 g/mol. The number of ketones is 1. The third-order valence-corrected chi connectivity index (χ3v) is 9.96. The zero-order valence-electron chi connectivity index (χ0n) is 20.2. The lowest BCUT2D eigenvalue weighted by atomic mass is 9.47.